The maximum atomic E-state index is 4.78. The summed E-state index contributed by atoms with van der Waals surface area (Å²) in [6, 6.07) is 19.2. The van der Waals surface area contributed by atoms with Crippen LogP contribution in [0.5, 0.6) is 0 Å². The van der Waals surface area contributed by atoms with Gasteiger partial charge in [0.2, 0.25) is 5.95 Å². The van der Waals surface area contributed by atoms with E-state index in [1.807, 2.05) is 12.3 Å². The highest BCUT2D eigenvalue weighted by atomic mass is 15.3. The molecule has 0 fully saturated rings. The van der Waals surface area contributed by atoms with Crippen molar-refractivity contribution in [2.45, 2.75) is 26.3 Å². The topological polar surface area (TPSA) is 29.0 Å². The number of hydrogen-bond acceptors (Lipinski definition) is 3. The van der Waals surface area contributed by atoms with Gasteiger partial charge in [0.1, 0.15) is 0 Å². The minimum atomic E-state index is 0.369. The molecule has 0 bridgehead atoms. The molecule has 124 valence electrons. The minimum absolute atomic E-state index is 0.369. The highest BCUT2D eigenvalue weighted by molar-refractivity contribution is 5.71. The van der Waals surface area contributed by atoms with Crippen LogP contribution in [0.15, 0.2) is 60.8 Å². The van der Waals surface area contributed by atoms with Gasteiger partial charge in [-0.25, -0.2) is 9.97 Å². The molecule has 2 aromatic carbocycles. The van der Waals surface area contributed by atoms with Crippen LogP contribution in [-0.4, -0.2) is 16.0 Å². The van der Waals surface area contributed by atoms with Crippen molar-refractivity contribution >= 4 is 23.8 Å². The predicted octanol–water partition coefficient (Wildman–Crippen LogP) is 5.04. The number of para-hydroxylation sites is 1. The van der Waals surface area contributed by atoms with Crippen molar-refractivity contribution in [2.24, 2.45) is 0 Å². The summed E-state index contributed by atoms with van der Waals surface area (Å²) in [6.07, 6.45) is 7.04. The number of anilines is 2. The van der Waals surface area contributed by atoms with Crippen LogP contribution < -0.4 is 4.90 Å². The zero-order valence-electron chi connectivity index (χ0n) is 14.6. The molecular weight excluding hydrogens is 306 g/mol. The first-order valence-electron chi connectivity index (χ1n) is 8.66. The summed E-state index contributed by atoms with van der Waals surface area (Å²) in [5.41, 5.74) is 5.97. The molecule has 1 aromatic heterocycles. The number of fused-ring (bicyclic) bond motifs is 1. The number of rotatable bonds is 3. The fourth-order valence-corrected chi connectivity index (χ4v) is 3.39. The molecule has 25 heavy (non-hydrogen) atoms. The Hall–Kier alpha value is -2.94. The fraction of sp³-hybridized carbons (Fsp3) is 0.182. The number of aromatic nitrogens is 2. The Morgan fingerprint density at radius 3 is 2.68 bits per heavy atom. The van der Waals surface area contributed by atoms with Crippen LogP contribution in [0.25, 0.3) is 12.2 Å². The average molecular weight is 327 g/mol. The van der Waals surface area contributed by atoms with Gasteiger partial charge in [-0.2, -0.15) is 0 Å². The molecule has 1 atom stereocenters. The maximum absolute atomic E-state index is 4.78. The van der Waals surface area contributed by atoms with Gasteiger partial charge in [-0.1, -0.05) is 48.5 Å². The van der Waals surface area contributed by atoms with Crippen LogP contribution >= 0.6 is 0 Å². The lowest BCUT2D eigenvalue weighted by atomic mass is 10.1. The summed E-state index contributed by atoms with van der Waals surface area (Å²) in [7, 11) is 0. The first kappa shape index (κ1) is 15.6. The van der Waals surface area contributed by atoms with E-state index >= 15 is 0 Å². The van der Waals surface area contributed by atoms with Crippen molar-refractivity contribution in [3.8, 4) is 0 Å². The predicted molar refractivity (Wildman–Crippen MR) is 104 cm³/mol. The van der Waals surface area contributed by atoms with E-state index in [1.54, 1.807) is 0 Å². The van der Waals surface area contributed by atoms with Crippen molar-refractivity contribution in [3.63, 3.8) is 0 Å². The lowest BCUT2D eigenvalue weighted by Gasteiger charge is -2.22. The third kappa shape index (κ3) is 3.05. The average Bonchev–Trinajstić information content (AvgIpc) is 2.97. The summed E-state index contributed by atoms with van der Waals surface area (Å²) in [5.74, 6) is 0.768. The molecule has 1 aliphatic rings. The lowest BCUT2D eigenvalue weighted by Crippen LogP contribution is -2.25. The molecule has 0 spiro atoms. The summed E-state index contributed by atoms with van der Waals surface area (Å²) in [6.45, 7) is 4.34. The molecule has 3 nitrogen and oxygen atoms in total. The normalized spacial score (nSPS) is 16.4. The molecule has 0 radical (unpaired) electrons. The van der Waals surface area contributed by atoms with Gasteiger partial charge < -0.3 is 4.90 Å². The molecule has 3 aromatic rings. The van der Waals surface area contributed by atoms with E-state index in [4.69, 9.17) is 4.98 Å². The van der Waals surface area contributed by atoms with Crippen LogP contribution in [0.3, 0.4) is 0 Å². The Bertz CT molecular complexity index is 930. The zero-order chi connectivity index (χ0) is 17.2. The van der Waals surface area contributed by atoms with Gasteiger partial charge in [-0.05, 0) is 55.2 Å². The second-order valence-corrected chi connectivity index (χ2v) is 6.52. The van der Waals surface area contributed by atoms with Crippen LogP contribution in [0, 0.1) is 6.92 Å². The first-order valence-corrected chi connectivity index (χ1v) is 8.66. The second kappa shape index (κ2) is 6.52. The Morgan fingerprint density at radius 1 is 1.00 bits per heavy atom. The smallest absolute Gasteiger partial charge is 0.230 e. The monoisotopic (exact) mass is 327 g/mol. The summed E-state index contributed by atoms with van der Waals surface area (Å²) in [4.78, 5) is 11.5. The summed E-state index contributed by atoms with van der Waals surface area (Å²) < 4.78 is 0. The third-order valence-electron chi connectivity index (χ3n) is 4.71. The number of benzene rings is 2. The van der Waals surface area contributed by atoms with E-state index in [-0.39, 0.29) is 0 Å². The van der Waals surface area contributed by atoms with E-state index < -0.39 is 0 Å². The molecule has 0 amide bonds. The minimum Gasteiger partial charge on any atom is -0.307 e. The standard InChI is InChI=1S/C22H21N3/c1-16-7-3-4-8-18(16)11-12-20-13-14-23-22(24-20)25-17(2)15-19-9-5-6-10-21(19)25/h3-14,17H,15H2,1-2H3/b12-11+. The van der Waals surface area contributed by atoms with Gasteiger partial charge in [0, 0.05) is 17.9 Å². The van der Waals surface area contributed by atoms with Gasteiger partial charge in [-0.15, -0.1) is 0 Å². The van der Waals surface area contributed by atoms with Crippen molar-refractivity contribution < 1.29 is 0 Å². The Balaban J connectivity index is 1.65. The fourth-order valence-electron chi connectivity index (χ4n) is 3.39. The Kier molecular flexibility index (Phi) is 4.06. The number of hydrogen-bond donors (Lipinski definition) is 0. The van der Waals surface area contributed by atoms with Gasteiger partial charge in [0.05, 0.1) is 5.69 Å². The Labute approximate surface area is 148 Å². The van der Waals surface area contributed by atoms with Crippen molar-refractivity contribution in [2.75, 3.05) is 4.90 Å². The van der Waals surface area contributed by atoms with Crippen LogP contribution in [0.2, 0.25) is 0 Å². The van der Waals surface area contributed by atoms with E-state index in [2.05, 4.69) is 84.4 Å². The van der Waals surface area contributed by atoms with Gasteiger partial charge in [-0.3, -0.25) is 0 Å². The molecule has 1 unspecified atom stereocenters. The molecule has 0 N–H and O–H groups in total. The van der Waals surface area contributed by atoms with Crippen molar-refractivity contribution in [1.29, 1.82) is 0 Å². The number of aryl methyl sites for hydroxylation is 1. The highest BCUT2D eigenvalue weighted by Crippen LogP contribution is 2.36. The molecule has 2 heterocycles. The van der Waals surface area contributed by atoms with E-state index in [0.717, 1.165) is 18.1 Å². The summed E-state index contributed by atoms with van der Waals surface area (Å²) in [5, 5.41) is 0. The SMILES string of the molecule is Cc1ccccc1/C=C/c1ccnc(N2c3ccccc3CC2C)n1. The quantitative estimate of drug-likeness (QED) is 0.675. The van der Waals surface area contributed by atoms with Gasteiger partial charge in [0.15, 0.2) is 0 Å². The van der Waals surface area contributed by atoms with Crippen molar-refractivity contribution in [3.05, 3.63) is 83.2 Å². The van der Waals surface area contributed by atoms with Crippen molar-refractivity contribution in [1.82, 2.24) is 9.97 Å². The summed E-state index contributed by atoms with van der Waals surface area (Å²) >= 11 is 0. The lowest BCUT2D eigenvalue weighted by molar-refractivity contribution is 0.739. The molecule has 0 saturated carbocycles. The van der Waals surface area contributed by atoms with Crippen LogP contribution in [0.1, 0.15) is 29.3 Å². The van der Waals surface area contributed by atoms with Gasteiger partial charge in [0.25, 0.3) is 0 Å². The molecule has 1 aliphatic heterocycles. The first-order chi connectivity index (χ1) is 12.2. The third-order valence-corrected chi connectivity index (χ3v) is 4.71. The van der Waals surface area contributed by atoms with E-state index in [0.29, 0.717) is 6.04 Å². The van der Waals surface area contributed by atoms with E-state index in [1.165, 1.54) is 22.4 Å². The zero-order valence-corrected chi connectivity index (χ0v) is 14.6. The van der Waals surface area contributed by atoms with Crippen LogP contribution in [-0.2, 0) is 6.42 Å². The highest BCUT2D eigenvalue weighted by Gasteiger charge is 2.28. The second-order valence-electron chi connectivity index (χ2n) is 6.52. The molecule has 3 heteroatoms. The largest absolute Gasteiger partial charge is 0.307 e. The molecular formula is C22H21N3. The van der Waals surface area contributed by atoms with Crippen LogP contribution in [0.4, 0.5) is 11.6 Å². The molecule has 0 saturated heterocycles. The van der Waals surface area contributed by atoms with E-state index in [9.17, 15) is 0 Å². The molecule has 4 rings (SSSR count). The number of nitrogens with zero attached hydrogens (tertiary/aromatic N) is 3. The maximum Gasteiger partial charge on any atom is 0.230 e. The Morgan fingerprint density at radius 2 is 1.80 bits per heavy atom. The van der Waals surface area contributed by atoms with Gasteiger partial charge >= 0.3 is 0 Å². The molecule has 0 aliphatic carbocycles.